The van der Waals surface area contributed by atoms with Crippen molar-refractivity contribution in [2.24, 2.45) is 0 Å². The predicted molar refractivity (Wildman–Crippen MR) is 99.8 cm³/mol. The van der Waals surface area contributed by atoms with Gasteiger partial charge in [0.05, 0.1) is 12.8 Å². The molecule has 1 aliphatic rings. The van der Waals surface area contributed by atoms with E-state index in [9.17, 15) is 4.79 Å². The van der Waals surface area contributed by atoms with Crippen LogP contribution in [0.2, 0.25) is 0 Å². The summed E-state index contributed by atoms with van der Waals surface area (Å²) in [6, 6.07) is 6.16. The number of ether oxygens (including phenoxy) is 1. The molecule has 1 fully saturated rings. The Bertz CT molecular complexity index is 774. The van der Waals surface area contributed by atoms with E-state index in [0.717, 1.165) is 17.1 Å². The Morgan fingerprint density at radius 3 is 2.69 bits per heavy atom. The first-order valence-corrected chi connectivity index (χ1v) is 8.77. The van der Waals surface area contributed by atoms with Gasteiger partial charge in [0.1, 0.15) is 0 Å². The van der Waals surface area contributed by atoms with Crippen molar-refractivity contribution in [1.29, 1.82) is 0 Å². The SMILES string of the molecule is CCOC(=O)N1CCN(c2cnnc(Nc3ccc(C)cc3C)n2)CC1. The molecule has 0 atom stereocenters. The van der Waals surface area contributed by atoms with Gasteiger partial charge in [0.2, 0.25) is 5.95 Å². The number of benzene rings is 1. The number of nitrogens with zero attached hydrogens (tertiary/aromatic N) is 5. The molecule has 2 heterocycles. The van der Waals surface area contributed by atoms with Crippen LogP contribution in [0.3, 0.4) is 0 Å². The second-order valence-electron chi connectivity index (χ2n) is 6.25. The lowest BCUT2D eigenvalue weighted by atomic mass is 10.1. The van der Waals surface area contributed by atoms with Crippen LogP contribution in [0.4, 0.5) is 22.2 Å². The van der Waals surface area contributed by atoms with Gasteiger partial charge in [0.25, 0.3) is 0 Å². The third kappa shape index (κ3) is 4.19. The molecule has 8 nitrogen and oxygen atoms in total. The first-order chi connectivity index (χ1) is 12.6. The molecule has 2 aromatic rings. The molecular weight excluding hydrogens is 332 g/mol. The van der Waals surface area contributed by atoms with Gasteiger partial charge in [0.15, 0.2) is 5.82 Å². The molecule has 0 spiro atoms. The van der Waals surface area contributed by atoms with Gasteiger partial charge in [0, 0.05) is 31.9 Å². The maximum absolute atomic E-state index is 11.8. The number of carbonyl (C=O) groups is 1. The molecule has 0 unspecified atom stereocenters. The number of hydrogen-bond donors (Lipinski definition) is 1. The summed E-state index contributed by atoms with van der Waals surface area (Å²) >= 11 is 0. The van der Waals surface area contributed by atoms with E-state index in [1.165, 1.54) is 5.56 Å². The summed E-state index contributed by atoms with van der Waals surface area (Å²) in [5.74, 6) is 1.21. The Balaban J connectivity index is 1.65. The van der Waals surface area contributed by atoms with Gasteiger partial charge in [-0.2, -0.15) is 10.1 Å². The van der Waals surface area contributed by atoms with E-state index in [0.29, 0.717) is 38.7 Å². The Kier molecular flexibility index (Phi) is 5.50. The number of amides is 1. The number of nitrogens with one attached hydrogen (secondary N) is 1. The lowest BCUT2D eigenvalue weighted by Crippen LogP contribution is -2.49. The summed E-state index contributed by atoms with van der Waals surface area (Å²) in [7, 11) is 0. The van der Waals surface area contributed by atoms with Gasteiger partial charge >= 0.3 is 6.09 Å². The van der Waals surface area contributed by atoms with Crippen molar-refractivity contribution in [3.8, 4) is 0 Å². The molecule has 0 bridgehead atoms. The molecule has 0 saturated carbocycles. The molecule has 3 rings (SSSR count). The van der Waals surface area contributed by atoms with Gasteiger partial charge in [-0.3, -0.25) is 0 Å². The number of rotatable bonds is 4. The summed E-state index contributed by atoms with van der Waals surface area (Å²) in [4.78, 5) is 20.2. The highest BCUT2D eigenvalue weighted by Gasteiger charge is 2.23. The molecule has 1 aromatic heterocycles. The highest BCUT2D eigenvalue weighted by Crippen LogP contribution is 2.20. The fourth-order valence-electron chi connectivity index (χ4n) is 2.91. The minimum atomic E-state index is -0.259. The van der Waals surface area contributed by atoms with Crippen LogP contribution in [0.1, 0.15) is 18.1 Å². The summed E-state index contributed by atoms with van der Waals surface area (Å²) in [5.41, 5.74) is 3.30. The summed E-state index contributed by atoms with van der Waals surface area (Å²) in [5, 5.41) is 11.4. The van der Waals surface area contributed by atoms with E-state index < -0.39 is 0 Å². The number of hydrogen-bond acceptors (Lipinski definition) is 7. The van der Waals surface area contributed by atoms with Crippen molar-refractivity contribution in [3.63, 3.8) is 0 Å². The summed E-state index contributed by atoms with van der Waals surface area (Å²) < 4.78 is 5.05. The van der Waals surface area contributed by atoms with Crippen molar-refractivity contribution in [2.45, 2.75) is 20.8 Å². The topological polar surface area (TPSA) is 83.5 Å². The van der Waals surface area contributed by atoms with E-state index in [1.54, 1.807) is 11.1 Å². The quantitative estimate of drug-likeness (QED) is 0.901. The van der Waals surface area contributed by atoms with E-state index in [-0.39, 0.29) is 6.09 Å². The van der Waals surface area contributed by atoms with Crippen LogP contribution in [0, 0.1) is 13.8 Å². The first-order valence-electron chi connectivity index (χ1n) is 8.77. The average Bonchev–Trinajstić information content (AvgIpc) is 2.65. The standard InChI is InChI=1S/C18H24N6O2/c1-4-26-18(25)24-9-7-23(8-10-24)16-12-19-22-17(21-16)20-15-6-5-13(2)11-14(15)3/h5-6,11-12H,4,7-10H2,1-3H3,(H,20,21,22). The smallest absolute Gasteiger partial charge is 0.409 e. The highest BCUT2D eigenvalue weighted by atomic mass is 16.6. The molecule has 0 radical (unpaired) electrons. The fourth-order valence-corrected chi connectivity index (χ4v) is 2.91. The number of aromatic nitrogens is 3. The lowest BCUT2D eigenvalue weighted by molar-refractivity contribution is 0.105. The Morgan fingerprint density at radius 1 is 1.23 bits per heavy atom. The van der Waals surface area contributed by atoms with Crippen LogP contribution in [0.5, 0.6) is 0 Å². The van der Waals surface area contributed by atoms with E-state index in [1.807, 2.05) is 26.0 Å². The third-order valence-electron chi connectivity index (χ3n) is 4.30. The fraction of sp³-hybridized carbons (Fsp3) is 0.444. The van der Waals surface area contributed by atoms with Crippen LogP contribution in [-0.2, 0) is 4.74 Å². The Labute approximate surface area is 153 Å². The van der Waals surface area contributed by atoms with Crippen LogP contribution in [-0.4, -0.2) is 59.0 Å². The van der Waals surface area contributed by atoms with Crippen LogP contribution < -0.4 is 10.2 Å². The zero-order valence-electron chi connectivity index (χ0n) is 15.4. The number of carbonyl (C=O) groups excluding carboxylic acids is 1. The van der Waals surface area contributed by atoms with Crippen molar-refractivity contribution in [1.82, 2.24) is 20.1 Å². The molecular formula is C18H24N6O2. The maximum Gasteiger partial charge on any atom is 0.409 e. The highest BCUT2D eigenvalue weighted by molar-refractivity contribution is 5.68. The number of anilines is 3. The Morgan fingerprint density at radius 2 is 2.00 bits per heavy atom. The molecule has 1 aromatic carbocycles. The molecule has 1 saturated heterocycles. The third-order valence-corrected chi connectivity index (χ3v) is 4.30. The zero-order valence-corrected chi connectivity index (χ0v) is 15.4. The zero-order chi connectivity index (χ0) is 18.5. The molecule has 26 heavy (non-hydrogen) atoms. The Hall–Kier alpha value is -2.90. The molecule has 8 heteroatoms. The minimum Gasteiger partial charge on any atom is -0.450 e. The summed E-state index contributed by atoms with van der Waals surface area (Å²) in [6.07, 6.45) is 1.39. The second-order valence-corrected chi connectivity index (χ2v) is 6.25. The van der Waals surface area contributed by atoms with Crippen molar-refractivity contribution >= 4 is 23.5 Å². The molecule has 0 aliphatic carbocycles. The molecule has 1 aliphatic heterocycles. The van der Waals surface area contributed by atoms with E-state index in [2.05, 4.69) is 38.4 Å². The van der Waals surface area contributed by atoms with Gasteiger partial charge in [-0.15, -0.1) is 5.10 Å². The molecule has 138 valence electrons. The van der Waals surface area contributed by atoms with Crippen LogP contribution in [0.25, 0.3) is 0 Å². The van der Waals surface area contributed by atoms with E-state index >= 15 is 0 Å². The second kappa shape index (κ2) is 7.99. The monoisotopic (exact) mass is 356 g/mol. The average molecular weight is 356 g/mol. The van der Waals surface area contributed by atoms with Crippen LogP contribution in [0.15, 0.2) is 24.4 Å². The normalized spacial score (nSPS) is 14.3. The maximum atomic E-state index is 11.8. The lowest BCUT2D eigenvalue weighted by Gasteiger charge is -2.34. The number of piperazine rings is 1. The largest absolute Gasteiger partial charge is 0.450 e. The van der Waals surface area contributed by atoms with Crippen molar-refractivity contribution in [2.75, 3.05) is 43.0 Å². The predicted octanol–water partition coefficient (Wildman–Crippen LogP) is 2.51. The molecule has 1 N–H and O–H groups in total. The first kappa shape index (κ1) is 17.9. The summed E-state index contributed by atoms with van der Waals surface area (Å²) in [6.45, 7) is 8.87. The number of aryl methyl sites for hydroxylation is 2. The van der Waals surface area contributed by atoms with Gasteiger partial charge < -0.3 is 19.9 Å². The van der Waals surface area contributed by atoms with Crippen molar-refractivity contribution in [3.05, 3.63) is 35.5 Å². The van der Waals surface area contributed by atoms with Gasteiger partial charge in [-0.25, -0.2) is 4.79 Å². The van der Waals surface area contributed by atoms with E-state index in [4.69, 9.17) is 4.74 Å². The molecule has 1 amide bonds. The van der Waals surface area contributed by atoms with Crippen LogP contribution >= 0.6 is 0 Å². The van der Waals surface area contributed by atoms with Gasteiger partial charge in [-0.05, 0) is 32.4 Å². The van der Waals surface area contributed by atoms with Gasteiger partial charge in [-0.1, -0.05) is 17.7 Å². The van der Waals surface area contributed by atoms with Crippen molar-refractivity contribution < 1.29 is 9.53 Å². The minimum absolute atomic E-state index is 0.259.